The van der Waals surface area contributed by atoms with Crippen LogP contribution in [-0.4, -0.2) is 25.8 Å². The summed E-state index contributed by atoms with van der Waals surface area (Å²) in [5.74, 6) is -0.806. The molecule has 3 nitrogen and oxygen atoms in total. The lowest BCUT2D eigenvalue weighted by atomic mass is 10.2. The molecule has 0 aromatic heterocycles. The number of ether oxygens (including phenoxy) is 3. The highest BCUT2D eigenvalue weighted by molar-refractivity contribution is 4.59. The summed E-state index contributed by atoms with van der Waals surface area (Å²) in [6.07, 6.45) is 16.4. The summed E-state index contributed by atoms with van der Waals surface area (Å²) in [5, 5.41) is 0. The zero-order valence-corrected chi connectivity index (χ0v) is 17.7. The molecule has 25 heavy (non-hydrogen) atoms. The second-order valence-corrected chi connectivity index (χ2v) is 7.16. The van der Waals surface area contributed by atoms with E-state index in [9.17, 15) is 0 Å². The standard InChI is InChI=1S/C22H46O3/c1-5-9-12-15-19-23-22(18-8-4,24-20-16-13-10-6-2)25-21-17-14-11-7-3/h5-21H2,1-4H3. The summed E-state index contributed by atoms with van der Waals surface area (Å²) < 4.78 is 18.6. The van der Waals surface area contributed by atoms with Crippen LogP contribution < -0.4 is 0 Å². The largest absolute Gasteiger partial charge is 0.327 e. The summed E-state index contributed by atoms with van der Waals surface area (Å²) in [6.45, 7) is 11.1. The highest BCUT2D eigenvalue weighted by atomic mass is 16.9. The zero-order chi connectivity index (χ0) is 18.6. The van der Waals surface area contributed by atoms with Gasteiger partial charge in [-0.05, 0) is 25.7 Å². The minimum Gasteiger partial charge on any atom is -0.327 e. The van der Waals surface area contributed by atoms with E-state index in [-0.39, 0.29) is 0 Å². The van der Waals surface area contributed by atoms with Crippen LogP contribution >= 0.6 is 0 Å². The van der Waals surface area contributed by atoms with Gasteiger partial charge in [0, 0.05) is 6.42 Å². The quantitative estimate of drug-likeness (QED) is 0.170. The minimum atomic E-state index is -0.806. The molecule has 0 aromatic carbocycles. The Morgan fingerprint density at radius 2 is 0.800 bits per heavy atom. The van der Waals surface area contributed by atoms with E-state index in [1.165, 1.54) is 57.8 Å². The van der Waals surface area contributed by atoms with Crippen LogP contribution in [-0.2, 0) is 14.2 Å². The summed E-state index contributed by atoms with van der Waals surface area (Å²) in [4.78, 5) is 0. The lowest BCUT2D eigenvalue weighted by Gasteiger charge is -2.33. The smallest absolute Gasteiger partial charge is 0.282 e. The van der Waals surface area contributed by atoms with E-state index in [2.05, 4.69) is 27.7 Å². The molecule has 0 amide bonds. The Hall–Kier alpha value is -0.120. The number of unbranched alkanes of at least 4 members (excludes halogenated alkanes) is 9. The first-order chi connectivity index (χ1) is 12.2. The number of rotatable bonds is 20. The third-order valence-electron chi connectivity index (χ3n) is 4.52. The lowest BCUT2D eigenvalue weighted by molar-refractivity contribution is -0.384. The van der Waals surface area contributed by atoms with Gasteiger partial charge >= 0.3 is 0 Å². The second-order valence-electron chi connectivity index (χ2n) is 7.16. The molecule has 0 N–H and O–H groups in total. The molecular weight excluding hydrogens is 312 g/mol. The van der Waals surface area contributed by atoms with Gasteiger partial charge in [0.2, 0.25) is 0 Å². The van der Waals surface area contributed by atoms with Gasteiger partial charge in [0.05, 0.1) is 19.8 Å². The molecule has 3 heteroatoms. The third-order valence-corrected chi connectivity index (χ3v) is 4.52. The van der Waals surface area contributed by atoms with E-state index >= 15 is 0 Å². The molecule has 0 saturated carbocycles. The van der Waals surface area contributed by atoms with Crippen LogP contribution in [0.4, 0.5) is 0 Å². The van der Waals surface area contributed by atoms with Crippen molar-refractivity contribution in [2.24, 2.45) is 0 Å². The molecule has 0 spiro atoms. The van der Waals surface area contributed by atoms with Gasteiger partial charge in [-0.25, -0.2) is 0 Å². The molecule has 152 valence electrons. The second kappa shape index (κ2) is 18.7. The normalized spacial score (nSPS) is 12.0. The van der Waals surface area contributed by atoms with Gasteiger partial charge in [-0.2, -0.15) is 0 Å². The Morgan fingerprint density at radius 1 is 0.440 bits per heavy atom. The minimum absolute atomic E-state index is 0.740. The van der Waals surface area contributed by atoms with Crippen molar-refractivity contribution in [1.29, 1.82) is 0 Å². The van der Waals surface area contributed by atoms with E-state index in [1.807, 2.05) is 0 Å². The molecular formula is C22H46O3. The molecule has 0 atom stereocenters. The fourth-order valence-corrected chi connectivity index (χ4v) is 2.92. The zero-order valence-electron chi connectivity index (χ0n) is 17.7. The molecule has 0 bridgehead atoms. The van der Waals surface area contributed by atoms with Crippen molar-refractivity contribution >= 4 is 0 Å². The van der Waals surface area contributed by atoms with E-state index in [4.69, 9.17) is 14.2 Å². The molecule has 0 aliphatic rings. The maximum absolute atomic E-state index is 6.19. The van der Waals surface area contributed by atoms with Crippen LogP contribution in [0.5, 0.6) is 0 Å². The van der Waals surface area contributed by atoms with Crippen LogP contribution in [0.2, 0.25) is 0 Å². The highest BCUT2D eigenvalue weighted by Crippen LogP contribution is 2.24. The fourth-order valence-electron chi connectivity index (χ4n) is 2.92. The summed E-state index contributed by atoms with van der Waals surface area (Å²) >= 11 is 0. The van der Waals surface area contributed by atoms with Gasteiger partial charge in [-0.3, -0.25) is 0 Å². The predicted octanol–water partition coefficient (Wildman–Crippen LogP) is 7.23. The molecule has 0 saturated heterocycles. The number of hydrogen-bond donors (Lipinski definition) is 0. The molecule has 0 aliphatic heterocycles. The van der Waals surface area contributed by atoms with E-state index in [0.29, 0.717) is 0 Å². The Kier molecular flexibility index (Phi) is 18.6. The molecule has 0 rings (SSSR count). The first kappa shape index (κ1) is 24.9. The van der Waals surface area contributed by atoms with Crippen molar-refractivity contribution in [3.8, 4) is 0 Å². The molecule has 0 unspecified atom stereocenters. The Labute approximate surface area is 158 Å². The van der Waals surface area contributed by atoms with E-state index < -0.39 is 5.97 Å². The molecule has 0 heterocycles. The van der Waals surface area contributed by atoms with Crippen molar-refractivity contribution in [3.63, 3.8) is 0 Å². The highest BCUT2D eigenvalue weighted by Gasteiger charge is 2.32. The maximum atomic E-state index is 6.19. The maximum Gasteiger partial charge on any atom is 0.282 e. The predicted molar refractivity (Wildman–Crippen MR) is 108 cm³/mol. The van der Waals surface area contributed by atoms with E-state index in [1.54, 1.807) is 0 Å². The average Bonchev–Trinajstić information content (AvgIpc) is 2.61. The van der Waals surface area contributed by atoms with Crippen LogP contribution in [0.25, 0.3) is 0 Å². The van der Waals surface area contributed by atoms with Gasteiger partial charge in [0.25, 0.3) is 5.97 Å². The van der Waals surface area contributed by atoms with Crippen molar-refractivity contribution in [1.82, 2.24) is 0 Å². The number of hydrogen-bond acceptors (Lipinski definition) is 3. The van der Waals surface area contributed by atoms with Crippen molar-refractivity contribution in [2.45, 2.75) is 124 Å². The third kappa shape index (κ3) is 14.7. The lowest BCUT2D eigenvalue weighted by Crippen LogP contribution is -2.40. The summed E-state index contributed by atoms with van der Waals surface area (Å²) in [6, 6.07) is 0. The van der Waals surface area contributed by atoms with Crippen molar-refractivity contribution < 1.29 is 14.2 Å². The first-order valence-corrected chi connectivity index (χ1v) is 11.2. The van der Waals surface area contributed by atoms with Gasteiger partial charge in [-0.1, -0.05) is 85.5 Å². The molecule has 0 aromatic rings. The topological polar surface area (TPSA) is 27.7 Å². The van der Waals surface area contributed by atoms with Crippen LogP contribution in [0.1, 0.15) is 118 Å². The molecule has 0 aliphatic carbocycles. The summed E-state index contributed by atoms with van der Waals surface area (Å²) in [7, 11) is 0. The fraction of sp³-hybridized carbons (Fsp3) is 1.00. The Bertz CT molecular complexity index is 220. The van der Waals surface area contributed by atoms with E-state index in [0.717, 1.165) is 51.9 Å². The first-order valence-electron chi connectivity index (χ1n) is 11.2. The van der Waals surface area contributed by atoms with Crippen LogP contribution in [0, 0.1) is 0 Å². The molecule has 0 fully saturated rings. The van der Waals surface area contributed by atoms with Crippen molar-refractivity contribution in [3.05, 3.63) is 0 Å². The molecule has 0 radical (unpaired) electrons. The SMILES string of the molecule is CCCCCCOC(CCC)(OCCCCCC)OCCCCCC. The van der Waals surface area contributed by atoms with Gasteiger partial charge in [0.1, 0.15) is 0 Å². The van der Waals surface area contributed by atoms with Gasteiger partial charge < -0.3 is 14.2 Å². The van der Waals surface area contributed by atoms with Crippen molar-refractivity contribution in [2.75, 3.05) is 19.8 Å². The van der Waals surface area contributed by atoms with Gasteiger partial charge in [0.15, 0.2) is 0 Å². The average molecular weight is 359 g/mol. The van der Waals surface area contributed by atoms with Gasteiger partial charge in [-0.15, -0.1) is 0 Å². The van der Waals surface area contributed by atoms with Crippen LogP contribution in [0.3, 0.4) is 0 Å². The Balaban J connectivity index is 4.40. The Morgan fingerprint density at radius 3 is 1.08 bits per heavy atom. The van der Waals surface area contributed by atoms with Crippen LogP contribution in [0.15, 0.2) is 0 Å². The summed E-state index contributed by atoms with van der Waals surface area (Å²) in [5.41, 5.74) is 0. The monoisotopic (exact) mass is 358 g/mol.